The Kier molecular flexibility index (Phi) is 5.31. The van der Waals surface area contributed by atoms with Crippen molar-refractivity contribution in [2.24, 2.45) is 0 Å². The summed E-state index contributed by atoms with van der Waals surface area (Å²) in [5, 5.41) is 8.03. The molecule has 0 amide bonds. The van der Waals surface area contributed by atoms with Crippen molar-refractivity contribution in [3.63, 3.8) is 0 Å². The van der Waals surface area contributed by atoms with Crippen LogP contribution in [-0.4, -0.2) is 10.7 Å². The van der Waals surface area contributed by atoms with Crippen LogP contribution in [0, 0.1) is 0 Å². The van der Waals surface area contributed by atoms with Gasteiger partial charge in [0.2, 0.25) is 0 Å². The van der Waals surface area contributed by atoms with E-state index in [2.05, 4.69) is 5.48 Å². The molecule has 3 heteroatoms. The maximum absolute atomic E-state index is 8.03. The molecule has 0 spiro atoms. The molecule has 0 rings (SSSR count). The first-order chi connectivity index (χ1) is 2.56. The molecule has 0 aromatic carbocycles. The largest absolute Gasteiger partial charge is 0.533 e. The maximum atomic E-state index is 8.03. The standard InChI is InChI=1S/C4H10NO.Zn/c1-4(2,3)5-6;/h6H,1-3H3;/q-1;. The molecule has 0 aliphatic heterocycles. The van der Waals surface area contributed by atoms with Crippen LogP contribution in [0.25, 0.3) is 5.48 Å². The van der Waals surface area contributed by atoms with Crippen molar-refractivity contribution in [3.05, 3.63) is 5.48 Å². The van der Waals surface area contributed by atoms with E-state index in [9.17, 15) is 0 Å². The van der Waals surface area contributed by atoms with E-state index in [0.717, 1.165) is 0 Å². The fourth-order valence-electron chi connectivity index (χ4n) is 0. The smallest absolute Gasteiger partial charge is 0 e. The third kappa shape index (κ3) is 10.8. The van der Waals surface area contributed by atoms with E-state index in [1.54, 1.807) is 0 Å². The normalized spacial score (nSPS) is 10.3. The molecule has 0 aromatic rings. The quantitative estimate of drug-likeness (QED) is 0.416. The van der Waals surface area contributed by atoms with Crippen molar-refractivity contribution in [1.29, 1.82) is 0 Å². The van der Waals surface area contributed by atoms with Crippen LogP contribution >= 0.6 is 0 Å². The number of nitrogens with zero attached hydrogens (tertiary/aromatic N) is 1. The van der Waals surface area contributed by atoms with Crippen LogP contribution in [0.5, 0.6) is 0 Å². The Morgan fingerprint density at radius 1 is 1.29 bits per heavy atom. The van der Waals surface area contributed by atoms with Crippen LogP contribution in [0.1, 0.15) is 20.8 Å². The van der Waals surface area contributed by atoms with Crippen LogP contribution in [0.2, 0.25) is 0 Å². The van der Waals surface area contributed by atoms with Crippen LogP contribution in [0.3, 0.4) is 0 Å². The number of hydrogen-bond acceptors (Lipinski definition) is 1. The summed E-state index contributed by atoms with van der Waals surface area (Å²) in [7, 11) is 0. The van der Waals surface area contributed by atoms with Crippen molar-refractivity contribution in [2.75, 3.05) is 0 Å². The van der Waals surface area contributed by atoms with Gasteiger partial charge in [0.25, 0.3) is 0 Å². The Hall–Kier alpha value is 0.543. The molecular weight excluding hydrogens is 143 g/mol. The zero-order valence-electron chi connectivity index (χ0n) is 5.10. The molecule has 0 aromatic heterocycles. The molecule has 0 aliphatic carbocycles. The van der Waals surface area contributed by atoms with Crippen LogP contribution in [-0.2, 0) is 19.5 Å². The minimum Gasteiger partial charge on any atom is -0.533 e. The second-order valence-electron chi connectivity index (χ2n) is 2.27. The molecule has 1 N–H and O–H groups in total. The third-order valence-electron chi connectivity index (χ3n) is 0.300. The second-order valence-corrected chi connectivity index (χ2v) is 2.27. The van der Waals surface area contributed by atoms with Gasteiger partial charge in [0.05, 0.1) is 0 Å². The van der Waals surface area contributed by atoms with Crippen molar-refractivity contribution in [2.45, 2.75) is 26.3 Å². The third-order valence-corrected chi connectivity index (χ3v) is 0.300. The van der Waals surface area contributed by atoms with Gasteiger partial charge in [0, 0.05) is 19.5 Å². The molecule has 7 heavy (non-hydrogen) atoms. The summed E-state index contributed by atoms with van der Waals surface area (Å²) >= 11 is 0. The van der Waals surface area contributed by atoms with Crippen molar-refractivity contribution >= 4 is 0 Å². The Labute approximate surface area is 57.0 Å². The molecule has 2 nitrogen and oxygen atoms in total. The predicted molar refractivity (Wildman–Crippen MR) is 24.9 cm³/mol. The first-order valence-corrected chi connectivity index (χ1v) is 1.92. The summed E-state index contributed by atoms with van der Waals surface area (Å²) in [6, 6.07) is 0. The summed E-state index contributed by atoms with van der Waals surface area (Å²) in [6.45, 7) is 5.48. The van der Waals surface area contributed by atoms with E-state index >= 15 is 0 Å². The maximum Gasteiger partial charge on any atom is 0 e. The fourth-order valence-corrected chi connectivity index (χ4v) is 0. The van der Waals surface area contributed by atoms with E-state index in [4.69, 9.17) is 5.21 Å². The molecule has 0 radical (unpaired) electrons. The Morgan fingerprint density at radius 2 is 1.43 bits per heavy atom. The minimum absolute atomic E-state index is 0. The average molecular weight is 154 g/mol. The van der Waals surface area contributed by atoms with Gasteiger partial charge in [-0.15, -0.1) is 5.54 Å². The van der Waals surface area contributed by atoms with E-state index < -0.39 is 0 Å². The van der Waals surface area contributed by atoms with Crippen LogP contribution in [0.4, 0.5) is 0 Å². The van der Waals surface area contributed by atoms with Gasteiger partial charge in [-0.2, -0.15) is 0 Å². The summed E-state index contributed by atoms with van der Waals surface area (Å²) in [5.41, 5.74) is 2.74. The first kappa shape index (κ1) is 10.5. The second kappa shape index (κ2) is 3.53. The molecular formula is C4H10NOZn-. The number of hydrogen-bond donors (Lipinski definition) is 1. The fraction of sp³-hybridized carbons (Fsp3) is 1.00. The SMILES string of the molecule is CC(C)(C)[N-]O.[Zn]. The van der Waals surface area contributed by atoms with Crippen LogP contribution < -0.4 is 0 Å². The number of hydroxylamine groups is 1. The minimum atomic E-state index is -0.278. The summed E-state index contributed by atoms with van der Waals surface area (Å²) < 4.78 is 0. The molecule has 40 valence electrons. The predicted octanol–water partition coefficient (Wildman–Crippen LogP) is 1.55. The Bertz CT molecular complexity index is 41.4. The van der Waals surface area contributed by atoms with Gasteiger partial charge in [-0.05, 0) is 0 Å². The molecule has 0 aliphatic rings. The Morgan fingerprint density at radius 3 is 1.43 bits per heavy atom. The molecule has 0 heterocycles. The van der Waals surface area contributed by atoms with Gasteiger partial charge < -0.3 is 10.7 Å². The van der Waals surface area contributed by atoms with E-state index in [-0.39, 0.29) is 25.0 Å². The van der Waals surface area contributed by atoms with Crippen molar-refractivity contribution in [1.82, 2.24) is 0 Å². The average Bonchev–Trinajstić information content (AvgIpc) is 1.35. The molecule has 0 atom stereocenters. The van der Waals surface area contributed by atoms with E-state index in [1.807, 2.05) is 20.8 Å². The van der Waals surface area contributed by atoms with E-state index in [1.165, 1.54) is 0 Å². The van der Waals surface area contributed by atoms with Crippen LogP contribution in [0.15, 0.2) is 0 Å². The van der Waals surface area contributed by atoms with Gasteiger partial charge in [0.1, 0.15) is 0 Å². The van der Waals surface area contributed by atoms with Gasteiger partial charge in [-0.25, -0.2) is 0 Å². The zero-order chi connectivity index (χ0) is 5.21. The van der Waals surface area contributed by atoms with Gasteiger partial charge >= 0.3 is 0 Å². The number of rotatable bonds is 0. The molecule has 0 bridgehead atoms. The molecule has 0 fully saturated rings. The Balaban J connectivity index is 0. The van der Waals surface area contributed by atoms with Gasteiger partial charge in [0.15, 0.2) is 0 Å². The summed E-state index contributed by atoms with van der Waals surface area (Å²) in [5.74, 6) is 0. The van der Waals surface area contributed by atoms with Crippen molar-refractivity contribution < 1.29 is 24.7 Å². The van der Waals surface area contributed by atoms with E-state index in [0.29, 0.717) is 0 Å². The molecule has 0 unspecified atom stereocenters. The van der Waals surface area contributed by atoms with Gasteiger partial charge in [-0.1, -0.05) is 20.8 Å². The first-order valence-electron chi connectivity index (χ1n) is 1.92. The summed E-state index contributed by atoms with van der Waals surface area (Å²) in [6.07, 6.45) is 0. The zero-order valence-corrected chi connectivity index (χ0v) is 8.07. The van der Waals surface area contributed by atoms with Gasteiger partial charge in [-0.3, -0.25) is 0 Å². The molecule has 0 saturated carbocycles. The monoisotopic (exact) mass is 152 g/mol. The van der Waals surface area contributed by atoms with Crippen molar-refractivity contribution in [3.8, 4) is 0 Å². The topological polar surface area (TPSA) is 34.3 Å². The molecule has 0 saturated heterocycles. The summed E-state index contributed by atoms with van der Waals surface area (Å²) in [4.78, 5) is 0.